The Morgan fingerprint density at radius 1 is 1.20 bits per heavy atom. The van der Waals surface area contributed by atoms with Gasteiger partial charge in [0.15, 0.2) is 5.60 Å². The van der Waals surface area contributed by atoms with Gasteiger partial charge < -0.3 is 19.0 Å². The van der Waals surface area contributed by atoms with Crippen molar-refractivity contribution < 1.29 is 28.6 Å². The Kier molecular flexibility index (Phi) is 2.89. The van der Waals surface area contributed by atoms with Crippen LogP contribution in [0.3, 0.4) is 0 Å². The van der Waals surface area contributed by atoms with E-state index in [1.165, 1.54) is 0 Å². The third-order valence-corrected chi connectivity index (χ3v) is 6.63. The molecule has 1 aromatic rings. The van der Waals surface area contributed by atoms with Crippen molar-refractivity contribution in [1.82, 2.24) is 0 Å². The number of fused-ring (bicyclic) bond motifs is 1. The maximum absolute atomic E-state index is 13.0. The molecule has 6 nitrogen and oxygen atoms in total. The molecule has 2 saturated heterocycles. The average molecular weight is 344 g/mol. The highest BCUT2D eigenvalue weighted by Crippen LogP contribution is 2.62. The third-order valence-electron chi connectivity index (χ3n) is 6.63. The number of ether oxygens (including phenoxy) is 2. The fourth-order valence-corrected chi connectivity index (χ4v) is 5.39. The highest BCUT2D eigenvalue weighted by atomic mass is 16.6. The zero-order valence-electron chi connectivity index (χ0n) is 14.0. The minimum atomic E-state index is -1.56. The number of carbonyl (C=O) groups excluding carboxylic acids is 2. The van der Waals surface area contributed by atoms with Crippen LogP contribution in [0.4, 0.5) is 0 Å². The van der Waals surface area contributed by atoms with Crippen molar-refractivity contribution in [2.24, 2.45) is 11.3 Å². The Hall–Kier alpha value is -2.08. The van der Waals surface area contributed by atoms with Crippen molar-refractivity contribution in [1.29, 1.82) is 0 Å². The molecule has 6 heteroatoms. The lowest BCUT2D eigenvalue weighted by molar-refractivity contribution is -0.155. The van der Waals surface area contributed by atoms with Gasteiger partial charge in [-0.25, -0.2) is 4.79 Å². The first-order valence-electron chi connectivity index (χ1n) is 8.87. The molecule has 3 heterocycles. The fraction of sp³-hybridized carbons (Fsp3) is 0.579. The summed E-state index contributed by atoms with van der Waals surface area (Å²) in [6.45, 7) is 2.02. The van der Waals surface area contributed by atoms with Crippen LogP contribution < -0.4 is 0 Å². The van der Waals surface area contributed by atoms with Gasteiger partial charge in [-0.1, -0.05) is 6.92 Å². The number of hydrogen-bond acceptors (Lipinski definition) is 6. The first-order chi connectivity index (χ1) is 12.0. The molecule has 4 aliphatic rings. The summed E-state index contributed by atoms with van der Waals surface area (Å²) >= 11 is 0. The second kappa shape index (κ2) is 4.75. The van der Waals surface area contributed by atoms with Crippen LogP contribution in [0.1, 0.15) is 50.7 Å². The molecule has 25 heavy (non-hydrogen) atoms. The molecule has 0 saturated carbocycles. The summed E-state index contributed by atoms with van der Waals surface area (Å²) in [6.07, 6.45) is 5.19. The number of rotatable bonds is 1. The maximum atomic E-state index is 13.0. The number of esters is 2. The number of furan rings is 1. The zero-order chi connectivity index (χ0) is 17.4. The van der Waals surface area contributed by atoms with Gasteiger partial charge in [-0.3, -0.25) is 4.79 Å². The van der Waals surface area contributed by atoms with Gasteiger partial charge in [0.2, 0.25) is 0 Å². The smallest absolute Gasteiger partial charge is 0.343 e. The average Bonchev–Trinajstić information content (AvgIpc) is 3.25. The molecule has 1 N–H and O–H groups in total. The highest BCUT2D eigenvalue weighted by Gasteiger charge is 2.65. The molecular weight excluding hydrogens is 324 g/mol. The predicted molar refractivity (Wildman–Crippen MR) is 84.1 cm³/mol. The van der Waals surface area contributed by atoms with Crippen LogP contribution in [0.15, 0.2) is 34.2 Å². The molecule has 132 valence electrons. The number of carbonyl (C=O) groups is 2. The lowest BCUT2D eigenvalue weighted by Gasteiger charge is -2.44. The van der Waals surface area contributed by atoms with E-state index in [0.29, 0.717) is 37.7 Å². The van der Waals surface area contributed by atoms with E-state index in [9.17, 15) is 14.7 Å². The summed E-state index contributed by atoms with van der Waals surface area (Å²) in [4.78, 5) is 25.3. The third kappa shape index (κ3) is 1.73. The molecule has 2 aliphatic heterocycles. The maximum Gasteiger partial charge on any atom is 0.343 e. The van der Waals surface area contributed by atoms with E-state index in [4.69, 9.17) is 13.9 Å². The van der Waals surface area contributed by atoms with Crippen molar-refractivity contribution in [3.63, 3.8) is 0 Å². The van der Waals surface area contributed by atoms with Crippen LogP contribution in [-0.2, 0) is 19.1 Å². The molecule has 2 aliphatic carbocycles. The molecular formula is C19H20O6. The molecule has 5 rings (SSSR count). The molecule has 5 atom stereocenters. The molecule has 1 aromatic heterocycles. The first kappa shape index (κ1) is 15.2. The largest absolute Gasteiger partial charge is 0.472 e. The summed E-state index contributed by atoms with van der Waals surface area (Å²) in [5, 5.41) is 11.0. The normalized spacial score (nSPS) is 42.6. The summed E-state index contributed by atoms with van der Waals surface area (Å²) < 4.78 is 16.3. The van der Waals surface area contributed by atoms with E-state index >= 15 is 0 Å². The molecule has 0 unspecified atom stereocenters. The molecule has 0 aromatic carbocycles. The van der Waals surface area contributed by atoms with E-state index in [1.54, 1.807) is 12.5 Å². The van der Waals surface area contributed by atoms with Gasteiger partial charge >= 0.3 is 11.9 Å². The number of cyclic esters (lactones) is 1. The lowest BCUT2D eigenvalue weighted by atomic mass is 9.57. The molecule has 0 amide bonds. The Bertz CT molecular complexity index is 793. The fourth-order valence-electron chi connectivity index (χ4n) is 5.39. The zero-order valence-corrected chi connectivity index (χ0v) is 14.0. The van der Waals surface area contributed by atoms with Crippen molar-refractivity contribution >= 4 is 11.9 Å². The van der Waals surface area contributed by atoms with Gasteiger partial charge in [0.25, 0.3) is 0 Å². The van der Waals surface area contributed by atoms with Crippen LogP contribution in [0.5, 0.6) is 0 Å². The topological polar surface area (TPSA) is 86.0 Å². The summed E-state index contributed by atoms with van der Waals surface area (Å²) in [7, 11) is 0. The van der Waals surface area contributed by atoms with Crippen LogP contribution in [0, 0.1) is 11.3 Å². The second-order valence-electron chi connectivity index (χ2n) is 7.76. The van der Waals surface area contributed by atoms with E-state index in [1.807, 2.05) is 13.0 Å². The summed E-state index contributed by atoms with van der Waals surface area (Å²) in [5.41, 5.74) is 0.0312. The minimum absolute atomic E-state index is 0.0195. The van der Waals surface area contributed by atoms with Gasteiger partial charge in [0, 0.05) is 17.6 Å². The van der Waals surface area contributed by atoms with Gasteiger partial charge in [-0.15, -0.1) is 0 Å². The predicted octanol–water partition coefficient (Wildman–Crippen LogP) is 2.43. The van der Waals surface area contributed by atoms with E-state index in [-0.39, 0.29) is 18.0 Å². The molecule has 2 fully saturated rings. The summed E-state index contributed by atoms with van der Waals surface area (Å²) in [6, 6.07) is 1.81. The highest BCUT2D eigenvalue weighted by molar-refractivity contribution is 5.91. The van der Waals surface area contributed by atoms with Crippen molar-refractivity contribution in [2.75, 3.05) is 0 Å². The van der Waals surface area contributed by atoms with Gasteiger partial charge in [0.1, 0.15) is 12.2 Å². The van der Waals surface area contributed by atoms with Crippen molar-refractivity contribution in [2.45, 2.75) is 56.8 Å². The first-order valence-corrected chi connectivity index (χ1v) is 8.87. The quantitative estimate of drug-likeness (QED) is 0.622. The molecule has 1 spiro atoms. The van der Waals surface area contributed by atoms with Gasteiger partial charge in [-0.05, 0) is 43.2 Å². The minimum Gasteiger partial charge on any atom is -0.472 e. The Balaban J connectivity index is 1.66. The standard InChI is InChI=1S/C19H20O6/c1-10-7-13-15-12(3-2-5-19(15,22)17(21)24-13)18(10)8-14(25-16(18)20)11-4-6-23-9-11/h4,6,9-10,13-14,22H,2-3,5,7-8H2,1H3/t10-,13+,14+,18-,19+/m1/s1. The Morgan fingerprint density at radius 2 is 2.00 bits per heavy atom. The van der Waals surface area contributed by atoms with Crippen LogP contribution in [-0.4, -0.2) is 28.8 Å². The summed E-state index contributed by atoms with van der Waals surface area (Å²) in [5.74, 6) is -0.837. The van der Waals surface area contributed by atoms with Crippen LogP contribution in [0.2, 0.25) is 0 Å². The van der Waals surface area contributed by atoms with Crippen molar-refractivity contribution in [3.8, 4) is 0 Å². The number of hydrogen-bond donors (Lipinski definition) is 1. The SMILES string of the molecule is C[C@@H]1C[C@@H]2OC(=O)[C@]3(O)CCCC(=C23)[C@@]12C[C@@H](c1ccoc1)OC2=O. The van der Waals surface area contributed by atoms with Crippen molar-refractivity contribution in [3.05, 3.63) is 35.3 Å². The van der Waals surface area contributed by atoms with Crippen LogP contribution >= 0.6 is 0 Å². The molecule has 0 bridgehead atoms. The number of aliphatic hydroxyl groups is 1. The Labute approximate surface area is 144 Å². The van der Waals surface area contributed by atoms with E-state index in [0.717, 1.165) is 11.1 Å². The Morgan fingerprint density at radius 3 is 2.76 bits per heavy atom. The second-order valence-corrected chi connectivity index (χ2v) is 7.76. The molecule has 0 radical (unpaired) electrons. The van der Waals surface area contributed by atoms with Gasteiger partial charge in [-0.2, -0.15) is 0 Å². The monoisotopic (exact) mass is 344 g/mol. The van der Waals surface area contributed by atoms with E-state index in [2.05, 4.69) is 0 Å². The van der Waals surface area contributed by atoms with Gasteiger partial charge in [0.05, 0.1) is 17.9 Å². The lowest BCUT2D eigenvalue weighted by Crippen LogP contribution is -2.48. The van der Waals surface area contributed by atoms with E-state index < -0.39 is 23.1 Å². The van der Waals surface area contributed by atoms with Crippen LogP contribution in [0.25, 0.3) is 0 Å².